The molecule has 0 aromatic heterocycles. The molecule has 4 nitrogen and oxygen atoms in total. The third kappa shape index (κ3) is 5.25. The van der Waals surface area contributed by atoms with Gasteiger partial charge in [-0.25, -0.2) is 0 Å². The van der Waals surface area contributed by atoms with Crippen molar-refractivity contribution in [2.45, 2.75) is 26.7 Å². The summed E-state index contributed by atoms with van der Waals surface area (Å²) in [7, 11) is 0. The molecule has 0 spiro atoms. The second-order valence-corrected chi connectivity index (χ2v) is 5.46. The molecule has 4 heteroatoms. The van der Waals surface area contributed by atoms with Crippen LogP contribution in [0.25, 0.3) is 0 Å². The van der Waals surface area contributed by atoms with Crippen LogP contribution in [0.1, 0.15) is 23.1 Å². The minimum atomic E-state index is -0.370. The first-order chi connectivity index (χ1) is 11.1. The maximum atomic E-state index is 11.9. The molecule has 1 amide bonds. The molecule has 0 atom stereocenters. The van der Waals surface area contributed by atoms with Crippen molar-refractivity contribution in [3.05, 3.63) is 65.2 Å². The van der Waals surface area contributed by atoms with Crippen LogP contribution in [0, 0.1) is 13.8 Å². The smallest absolute Gasteiger partial charge is 0.306 e. The Morgan fingerprint density at radius 3 is 2.26 bits per heavy atom. The van der Waals surface area contributed by atoms with Gasteiger partial charge in [0.25, 0.3) is 5.91 Å². The van der Waals surface area contributed by atoms with Gasteiger partial charge in [0.2, 0.25) is 0 Å². The lowest BCUT2D eigenvalue weighted by molar-refractivity contribution is -0.147. The lowest BCUT2D eigenvalue weighted by Gasteiger charge is -2.11. The van der Waals surface area contributed by atoms with E-state index in [1.165, 1.54) is 0 Å². The molecule has 0 radical (unpaired) electrons. The molecule has 2 rings (SSSR count). The molecule has 0 saturated carbocycles. The maximum Gasteiger partial charge on any atom is 0.306 e. The fourth-order valence-electron chi connectivity index (χ4n) is 2.30. The van der Waals surface area contributed by atoms with E-state index < -0.39 is 0 Å². The second kappa shape index (κ2) is 8.13. The number of carbonyl (C=O) groups is 2. The van der Waals surface area contributed by atoms with Crippen LogP contribution >= 0.6 is 0 Å². The molecule has 120 valence electrons. The third-order valence-electron chi connectivity index (χ3n) is 3.57. The van der Waals surface area contributed by atoms with Crippen molar-refractivity contribution >= 4 is 17.6 Å². The van der Waals surface area contributed by atoms with Crippen LogP contribution in [-0.2, 0) is 20.7 Å². The highest BCUT2D eigenvalue weighted by atomic mass is 16.5. The minimum Gasteiger partial charge on any atom is -0.456 e. The van der Waals surface area contributed by atoms with Gasteiger partial charge in [0.15, 0.2) is 6.61 Å². The number of carbonyl (C=O) groups excluding carboxylic acids is 2. The molecule has 0 saturated heterocycles. The number of rotatable bonds is 6. The summed E-state index contributed by atoms with van der Waals surface area (Å²) in [6.45, 7) is 3.59. The third-order valence-corrected chi connectivity index (χ3v) is 3.57. The molecule has 0 fully saturated rings. The van der Waals surface area contributed by atoms with E-state index >= 15 is 0 Å². The minimum absolute atomic E-state index is 0.263. The summed E-state index contributed by atoms with van der Waals surface area (Å²) < 4.78 is 5.03. The summed E-state index contributed by atoms with van der Waals surface area (Å²) in [5, 5.41) is 2.79. The highest BCUT2D eigenvalue weighted by molar-refractivity contribution is 5.94. The molecule has 0 heterocycles. The van der Waals surface area contributed by atoms with Crippen LogP contribution in [0.2, 0.25) is 0 Å². The van der Waals surface area contributed by atoms with E-state index in [-0.39, 0.29) is 24.9 Å². The number of hydrogen-bond acceptors (Lipinski definition) is 3. The Kier molecular flexibility index (Phi) is 5.92. The average molecular weight is 311 g/mol. The van der Waals surface area contributed by atoms with Gasteiger partial charge in [0.1, 0.15) is 0 Å². The van der Waals surface area contributed by atoms with Gasteiger partial charge in [-0.05, 0) is 37.0 Å². The van der Waals surface area contributed by atoms with Crippen molar-refractivity contribution < 1.29 is 14.3 Å². The number of nitrogens with one attached hydrogen (secondary N) is 1. The largest absolute Gasteiger partial charge is 0.456 e. The van der Waals surface area contributed by atoms with E-state index in [4.69, 9.17) is 4.74 Å². The summed E-state index contributed by atoms with van der Waals surface area (Å²) in [5.74, 6) is -0.694. The number of aryl methyl sites for hydroxylation is 3. The lowest BCUT2D eigenvalue weighted by atomic mass is 10.1. The fraction of sp³-hybridized carbons (Fsp3) is 0.263. The van der Waals surface area contributed by atoms with Crippen LogP contribution in [-0.4, -0.2) is 18.5 Å². The van der Waals surface area contributed by atoms with E-state index in [0.29, 0.717) is 6.42 Å². The van der Waals surface area contributed by atoms with E-state index in [2.05, 4.69) is 5.32 Å². The highest BCUT2D eigenvalue weighted by Crippen LogP contribution is 2.19. The first kappa shape index (κ1) is 16.7. The predicted octanol–water partition coefficient (Wildman–Crippen LogP) is 3.42. The number of amides is 1. The Hall–Kier alpha value is -2.62. The van der Waals surface area contributed by atoms with Crippen molar-refractivity contribution in [1.29, 1.82) is 0 Å². The first-order valence-electron chi connectivity index (χ1n) is 7.62. The van der Waals surface area contributed by atoms with E-state index in [0.717, 1.165) is 22.4 Å². The molecule has 0 aliphatic carbocycles. The molecular formula is C19H21NO3. The Bertz CT molecular complexity index is 660. The molecule has 0 aliphatic heterocycles. The van der Waals surface area contributed by atoms with E-state index in [9.17, 15) is 9.59 Å². The van der Waals surface area contributed by atoms with Crippen molar-refractivity contribution in [2.24, 2.45) is 0 Å². The Labute approximate surface area is 136 Å². The van der Waals surface area contributed by atoms with E-state index in [1.54, 1.807) is 0 Å². The summed E-state index contributed by atoms with van der Waals surface area (Å²) in [6, 6.07) is 15.5. The fourth-order valence-corrected chi connectivity index (χ4v) is 2.30. The van der Waals surface area contributed by atoms with Crippen molar-refractivity contribution in [2.75, 3.05) is 11.9 Å². The van der Waals surface area contributed by atoms with Gasteiger partial charge in [-0.2, -0.15) is 0 Å². The van der Waals surface area contributed by atoms with Crippen molar-refractivity contribution in [3.63, 3.8) is 0 Å². The molecule has 0 aliphatic rings. The summed E-state index contributed by atoms with van der Waals surface area (Å²) in [5.41, 5.74) is 3.81. The van der Waals surface area contributed by atoms with Crippen LogP contribution in [0.5, 0.6) is 0 Å². The van der Waals surface area contributed by atoms with Crippen molar-refractivity contribution in [3.8, 4) is 0 Å². The second-order valence-electron chi connectivity index (χ2n) is 5.46. The van der Waals surface area contributed by atoms with Gasteiger partial charge in [-0.15, -0.1) is 0 Å². The van der Waals surface area contributed by atoms with Gasteiger partial charge in [-0.1, -0.05) is 48.5 Å². The van der Waals surface area contributed by atoms with Gasteiger partial charge in [-0.3, -0.25) is 9.59 Å². The van der Waals surface area contributed by atoms with Gasteiger partial charge in [0.05, 0.1) is 0 Å². The number of anilines is 1. The zero-order valence-corrected chi connectivity index (χ0v) is 13.5. The Morgan fingerprint density at radius 1 is 0.957 bits per heavy atom. The lowest BCUT2D eigenvalue weighted by Crippen LogP contribution is -2.22. The average Bonchev–Trinajstić information content (AvgIpc) is 2.55. The van der Waals surface area contributed by atoms with Crippen LogP contribution in [0.3, 0.4) is 0 Å². The zero-order valence-electron chi connectivity index (χ0n) is 13.5. The topological polar surface area (TPSA) is 55.4 Å². The molecular weight excluding hydrogens is 290 g/mol. The highest BCUT2D eigenvalue weighted by Gasteiger charge is 2.10. The van der Waals surface area contributed by atoms with Crippen LogP contribution in [0.15, 0.2) is 48.5 Å². The molecule has 2 aromatic rings. The Morgan fingerprint density at radius 2 is 1.61 bits per heavy atom. The molecule has 0 unspecified atom stereocenters. The van der Waals surface area contributed by atoms with Crippen molar-refractivity contribution in [1.82, 2.24) is 0 Å². The molecule has 2 aromatic carbocycles. The van der Waals surface area contributed by atoms with Crippen LogP contribution in [0.4, 0.5) is 5.69 Å². The van der Waals surface area contributed by atoms with Gasteiger partial charge >= 0.3 is 5.97 Å². The monoisotopic (exact) mass is 311 g/mol. The van der Waals surface area contributed by atoms with E-state index in [1.807, 2.05) is 62.4 Å². The normalized spacial score (nSPS) is 10.2. The molecule has 0 bridgehead atoms. The van der Waals surface area contributed by atoms with Gasteiger partial charge < -0.3 is 10.1 Å². The summed E-state index contributed by atoms with van der Waals surface area (Å²) >= 11 is 0. The summed E-state index contributed by atoms with van der Waals surface area (Å²) in [6.07, 6.45) is 0.874. The van der Waals surface area contributed by atoms with Crippen LogP contribution < -0.4 is 5.32 Å². The first-order valence-corrected chi connectivity index (χ1v) is 7.62. The number of hydrogen-bond donors (Lipinski definition) is 1. The Balaban J connectivity index is 1.77. The number of ether oxygens (including phenoxy) is 1. The number of esters is 1. The molecule has 23 heavy (non-hydrogen) atoms. The maximum absolute atomic E-state index is 11.9. The predicted molar refractivity (Wildman–Crippen MR) is 90.3 cm³/mol. The number of para-hydroxylation sites is 1. The zero-order chi connectivity index (χ0) is 16.7. The standard InChI is InChI=1S/C19H21NO3/c1-14-7-6-8-15(2)19(14)20-17(21)13-23-18(22)12-11-16-9-4-3-5-10-16/h3-10H,11-13H2,1-2H3,(H,20,21). The molecule has 1 N–H and O–H groups in total. The quantitative estimate of drug-likeness (QED) is 0.832. The number of benzene rings is 2. The SMILES string of the molecule is Cc1cccc(C)c1NC(=O)COC(=O)CCc1ccccc1. The summed E-state index contributed by atoms with van der Waals surface area (Å²) in [4.78, 5) is 23.6. The van der Waals surface area contributed by atoms with Gasteiger partial charge in [0, 0.05) is 12.1 Å².